The number of hydrogen-bond acceptors (Lipinski definition) is 3. The third kappa shape index (κ3) is 3.07. The summed E-state index contributed by atoms with van der Waals surface area (Å²) < 4.78 is 0. The van der Waals surface area contributed by atoms with Gasteiger partial charge in [0.1, 0.15) is 5.82 Å². The topological polar surface area (TPSA) is 38.9 Å². The van der Waals surface area contributed by atoms with E-state index in [0.717, 1.165) is 0 Å². The highest BCUT2D eigenvalue weighted by molar-refractivity contribution is 7.07. The molecule has 1 aromatic rings. The highest BCUT2D eigenvalue weighted by Crippen LogP contribution is 1.99. The first-order chi connectivity index (χ1) is 2.89. The Hall–Kier alpha value is 0.01000. The van der Waals surface area contributed by atoms with Crippen LogP contribution in [0.15, 0.2) is 10.9 Å². The summed E-state index contributed by atoms with van der Waals surface area (Å²) in [6.45, 7) is 0. The van der Waals surface area contributed by atoms with E-state index < -0.39 is 0 Å². The van der Waals surface area contributed by atoms with E-state index in [0.29, 0.717) is 5.82 Å². The normalized spacial score (nSPS) is 6.50. The van der Waals surface area contributed by atoms with E-state index in [4.69, 9.17) is 5.73 Å². The third-order valence-corrected chi connectivity index (χ3v) is 1.06. The summed E-state index contributed by atoms with van der Waals surface area (Å²) >= 11 is 1.50. The molecule has 48 valence electrons. The zero-order valence-electron chi connectivity index (χ0n) is 3.90. The van der Waals surface area contributed by atoms with E-state index in [1.807, 2.05) is 0 Å². The van der Waals surface area contributed by atoms with Gasteiger partial charge < -0.3 is 5.73 Å². The number of nitrogen functional groups attached to an aromatic ring is 1. The van der Waals surface area contributed by atoms with Crippen LogP contribution < -0.4 is 5.73 Å². The molecule has 0 aromatic carbocycles. The van der Waals surface area contributed by atoms with Crippen molar-refractivity contribution in [3.8, 4) is 0 Å². The Morgan fingerprint density at radius 1 is 1.50 bits per heavy atom. The Bertz CT molecular complexity index is 119. The highest BCUT2D eigenvalue weighted by atomic mass is 35.5. The Morgan fingerprint density at radius 2 is 2.12 bits per heavy atom. The van der Waals surface area contributed by atoms with Crippen molar-refractivity contribution < 1.29 is 0 Å². The Labute approximate surface area is 63.9 Å². The molecule has 0 bridgehead atoms. The van der Waals surface area contributed by atoms with Gasteiger partial charge in [0.05, 0.1) is 5.51 Å². The van der Waals surface area contributed by atoms with Gasteiger partial charge in [-0.05, 0) is 0 Å². The first-order valence-electron chi connectivity index (χ1n) is 1.53. The average molecular weight is 173 g/mol. The summed E-state index contributed by atoms with van der Waals surface area (Å²) in [5.74, 6) is 0.611. The van der Waals surface area contributed by atoms with E-state index in [2.05, 4.69) is 4.98 Å². The first kappa shape index (κ1) is 10.9. The number of hydrogen-bond donors (Lipinski definition) is 1. The molecule has 2 N–H and O–H groups in total. The molecule has 0 atom stereocenters. The van der Waals surface area contributed by atoms with Crippen LogP contribution in [0.3, 0.4) is 0 Å². The minimum absolute atomic E-state index is 0. The lowest BCUT2D eigenvalue weighted by molar-refractivity contribution is 1.43. The zero-order valence-corrected chi connectivity index (χ0v) is 6.35. The van der Waals surface area contributed by atoms with Crippen LogP contribution >= 0.6 is 36.2 Å². The van der Waals surface area contributed by atoms with Crippen molar-refractivity contribution >= 4 is 42.0 Å². The van der Waals surface area contributed by atoms with Crippen LogP contribution in [0.5, 0.6) is 0 Å². The molecule has 0 aliphatic heterocycles. The molecule has 0 unspecified atom stereocenters. The third-order valence-electron chi connectivity index (χ3n) is 0.451. The van der Waals surface area contributed by atoms with Crippen molar-refractivity contribution in [2.24, 2.45) is 0 Å². The zero-order chi connectivity index (χ0) is 4.41. The second-order valence-corrected chi connectivity index (χ2v) is 1.63. The molecule has 0 aliphatic carbocycles. The SMILES string of the molecule is Cl.Cl.Nc1cscn1. The fraction of sp³-hybridized carbons (Fsp3) is 0. The summed E-state index contributed by atoms with van der Waals surface area (Å²) in [7, 11) is 0. The molecule has 1 rings (SSSR count). The lowest BCUT2D eigenvalue weighted by Gasteiger charge is -1.67. The second-order valence-electron chi connectivity index (χ2n) is 0.913. The molecule has 0 saturated carbocycles. The molecular formula is C3H6Cl2N2S. The van der Waals surface area contributed by atoms with E-state index in [1.165, 1.54) is 11.3 Å². The van der Waals surface area contributed by atoms with Crippen LogP contribution in [0.25, 0.3) is 0 Å². The van der Waals surface area contributed by atoms with Gasteiger partial charge in [-0.2, -0.15) is 0 Å². The molecule has 0 amide bonds. The van der Waals surface area contributed by atoms with Gasteiger partial charge in [0, 0.05) is 5.38 Å². The minimum atomic E-state index is 0. The smallest absolute Gasteiger partial charge is 0.134 e. The van der Waals surface area contributed by atoms with Crippen LogP contribution in [-0.2, 0) is 0 Å². The summed E-state index contributed by atoms with van der Waals surface area (Å²) in [6, 6.07) is 0. The van der Waals surface area contributed by atoms with Crippen molar-refractivity contribution in [2.75, 3.05) is 5.73 Å². The first-order valence-corrected chi connectivity index (χ1v) is 2.47. The number of anilines is 1. The number of nitrogens with two attached hydrogens (primary N) is 1. The van der Waals surface area contributed by atoms with Gasteiger partial charge in [-0.1, -0.05) is 0 Å². The molecule has 0 saturated heterocycles. The van der Waals surface area contributed by atoms with Crippen LogP contribution in [-0.4, -0.2) is 4.98 Å². The molecule has 0 spiro atoms. The van der Waals surface area contributed by atoms with Crippen molar-refractivity contribution in [2.45, 2.75) is 0 Å². The van der Waals surface area contributed by atoms with Crippen LogP contribution in [0, 0.1) is 0 Å². The van der Waals surface area contributed by atoms with Gasteiger partial charge in [-0.25, -0.2) is 4.98 Å². The van der Waals surface area contributed by atoms with Gasteiger partial charge >= 0.3 is 0 Å². The van der Waals surface area contributed by atoms with E-state index in [1.54, 1.807) is 10.9 Å². The van der Waals surface area contributed by atoms with Gasteiger partial charge in [0.25, 0.3) is 0 Å². The maximum atomic E-state index is 5.18. The van der Waals surface area contributed by atoms with Crippen LogP contribution in [0.1, 0.15) is 0 Å². The van der Waals surface area contributed by atoms with Crippen LogP contribution in [0.2, 0.25) is 0 Å². The largest absolute Gasteiger partial charge is 0.383 e. The number of rotatable bonds is 0. The minimum Gasteiger partial charge on any atom is -0.383 e. The maximum Gasteiger partial charge on any atom is 0.134 e. The molecule has 0 fully saturated rings. The predicted molar refractivity (Wildman–Crippen MR) is 41.0 cm³/mol. The fourth-order valence-electron chi connectivity index (χ4n) is 0.222. The Balaban J connectivity index is 0. The van der Waals surface area contributed by atoms with Crippen LogP contribution in [0.4, 0.5) is 5.82 Å². The van der Waals surface area contributed by atoms with Gasteiger partial charge in [-0.15, -0.1) is 36.2 Å². The van der Waals surface area contributed by atoms with E-state index in [-0.39, 0.29) is 24.8 Å². The molecule has 1 aromatic heterocycles. The number of nitrogens with zero attached hydrogens (tertiary/aromatic N) is 1. The van der Waals surface area contributed by atoms with Gasteiger partial charge in [-0.3, -0.25) is 0 Å². The quantitative estimate of drug-likeness (QED) is 0.646. The van der Waals surface area contributed by atoms with Gasteiger partial charge in [0.15, 0.2) is 0 Å². The lowest BCUT2D eigenvalue weighted by atomic mass is 10.9. The molecule has 0 radical (unpaired) electrons. The van der Waals surface area contributed by atoms with E-state index >= 15 is 0 Å². The molecule has 5 heteroatoms. The second kappa shape index (κ2) is 5.15. The van der Waals surface area contributed by atoms with Crippen molar-refractivity contribution in [1.29, 1.82) is 0 Å². The van der Waals surface area contributed by atoms with Crippen molar-refractivity contribution in [1.82, 2.24) is 4.98 Å². The monoisotopic (exact) mass is 172 g/mol. The van der Waals surface area contributed by atoms with Gasteiger partial charge in [0.2, 0.25) is 0 Å². The average Bonchev–Trinajstić information content (AvgIpc) is 1.86. The summed E-state index contributed by atoms with van der Waals surface area (Å²) in [4.78, 5) is 3.71. The molecular weight excluding hydrogens is 167 g/mol. The van der Waals surface area contributed by atoms with E-state index in [9.17, 15) is 0 Å². The number of aromatic nitrogens is 1. The molecule has 0 aliphatic rings. The number of halogens is 2. The predicted octanol–water partition coefficient (Wildman–Crippen LogP) is 1.57. The molecule has 8 heavy (non-hydrogen) atoms. The number of thiazole rings is 1. The Kier molecular flexibility index (Phi) is 7.02. The maximum absolute atomic E-state index is 5.18. The summed E-state index contributed by atoms with van der Waals surface area (Å²) in [5.41, 5.74) is 6.88. The summed E-state index contributed by atoms with van der Waals surface area (Å²) in [5, 5.41) is 1.79. The highest BCUT2D eigenvalue weighted by Gasteiger charge is 1.76. The lowest BCUT2D eigenvalue weighted by Crippen LogP contribution is -1.79. The molecule has 2 nitrogen and oxygen atoms in total. The fourth-order valence-corrected chi connectivity index (χ4v) is 0.666. The molecule has 1 heterocycles. The Morgan fingerprint density at radius 3 is 2.25 bits per heavy atom. The van der Waals surface area contributed by atoms with Crippen molar-refractivity contribution in [3.05, 3.63) is 10.9 Å². The summed E-state index contributed by atoms with van der Waals surface area (Å²) in [6.07, 6.45) is 0. The standard InChI is InChI=1S/C3H4N2S.2ClH/c4-3-1-6-2-5-3;;/h1-2H,4H2;2*1H. The van der Waals surface area contributed by atoms with Crippen molar-refractivity contribution in [3.63, 3.8) is 0 Å².